The van der Waals surface area contributed by atoms with E-state index in [4.69, 9.17) is 0 Å². The average molecular weight is 158 g/mol. The van der Waals surface area contributed by atoms with Crippen LogP contribution in [0.1, 0.15) is 20.3 Å². The van der Waals surface area contributed by atoms with Crippen molar-refractivity contribution in [2.24, 2.45) is 0 Å². The number of rotatable bonds is 2. The second-order valence-corrected chi connectivity index (χ2v) is 3.18. The predicted octanol–water partition coefficient (Wildman–Crippen LogP) is 0.00850. The van der Waals surface area contributed by atoms with Crippen LogP contribution in [0, 0.1) is 0 Å². The lowest BCUT2D eigenvalue weighted by Gasteiger charge is -2.36. The van der Waals surface area contributed by atoms with Crippen LogP contribution in [-0.4, -0.2) is 41.9 Å². The maximum Gasteiger partial charge on any atom is 0.107 e. The van der Waals surface area contributed by atoms with E-state index in [1.54, 1.807) is 0 Å². The number of hydrogen-bond acceptors (Lipinski definition) is 3. The second kappa shape index (κ2) is 4.04. The molecular formula is C8H18N2O. The lowest BCUT2D eigenvalue weighted by atomic mass is 10.2. The van der Waals surface area contributed by atoms with Gasteiger partial charge in [-0.05, 0) is 13.3 Å². The maximum atomic E-state index is 9.55. The normalized spacial score (nSPS) is 30.3. The maximum absolute atomic E-state index is 9.55. The van der Waals surface area contributed by atoms with Gasteiger partial charge in [0.25, 0.3) is 0 Å². The molecule has 0 amide bonds. The van der Waals surface area contributed by atoms with Crippen molar-refractivity contribution in [2.45, 2.75) is 32.5 Å². The van der Waals surface area contributed by atoms with E-state index < -0.39 is 0 Å². The summed E-state index contributed by atoms with van der Waals surface area (Å²) in [6, 6.07) is 0.471. The van der Waals surface area contributed by atoms with Gasteiger partial charge in [-0.2, -0.15) is 0 Å². The molecule has 2 N–H and O–H groups in total. The van der Waals surface area contributed by atoms with E-state index in [0.717, 1.165) is 26.1 Å². The third kappa shape index (κ3) is 2.15. The molecule has 1 saturated heterocycles. The summed E-state index contributed by atoms with van der Waals surface area (Å²) in [7, 11) is 0. The van der Waals surface area contributed by atoms with Crippen LogP contribution in [0.3, 0.4) is 0 Å². The Bertz CT molecular complexity index is 115. The summed E-state index contributed by atoms with van der Waals surface area (Å²) in [5.74, 6) is 0. The van der Waals surface area contributed by atoms with Gasteiger partial charge in [-0.3, -0.25) is 4.90 Å². The molecule has 1 aliphatic rings. The minimum Gasteiger partial charge on any atom is -0.378 e. The number of aliphatic hydroxyl groups excluding tert-OH is 1. The largest absolute Gasteiger partial charge is 0.378 e. The van der Waals surface area contributed by atoms with Gasteiger partial charge in [0, 0.05) is 25.7 Å². The van der Waals surface area contributed by atoms with Crippen molar-refractivity contribution >= 4 is 0 Å². The van der Waals surface area contributed by atoms with E-state index in [2.05, 4.69) is 17.1 Å². The molecule has 11 heavy (non-hydrogen) atoms. The highest BCUT2D eigenvalue weighted by Crippen LogP contribution is 2.07. The summed E-state index contributed by atoms with van der Waals surface area (Å²) in [5, 5.41) is 12.8. The lowest BCUT2D eigenvalue weighted by Crippen LogP contribution is -2.53. The first-order chi connectivity index (χ1) is 5.25. The Labute approximate surface area is 68.4 Å². The lowest BCUT2D eigenvalue weighted by molar-refractivity contribution is -0.0318. The molecule has 2 atom stereocenters. The third-order valence-electron chi connectivity index (χ3n) is 2.30. The zero-order valence-corrected chi connectivity index (χ0v) is 7.38. The van der Waals surface area contributed by atoms with Gasteiger partial charge in [0.15, 0.2) is 0 Å². The molecule has 0 spiro atoms. The van der Waals surface area contributed by atoms with Crippen LogP contribution in [0.25, 0.3) is 0 Å². The number of piperazine rings is 1. The molecule has 0 aromatic heterocycles. The molecule has 0 aromatic carbocycles. The smallest absolute Gasteiger partial charge is 0.107 e. The monoisotopic (exact) mass is 158 g/mol. The highest BCUT2D eigenvalue weighted by molar-refractivity contribution is 4.77. The first kappa shape index (κ1) is 8.97. The molecule has 1 heterocycles. The van der Waals surface area contributed by atoms with Gasteiger partial charge in [-0.25, -0.2) is 0 Å². The van der Waals surface area contributed by atoms with Crippen LogP contribution in [0.15, 0.2) is 0 Å². The summed E-state index contributed by atoms with van der Waals surface area (Å²) < 4.78 is 0. The number of nitrogens with one attached hydrogen (secondary N) is 1. The van der Waals surface area contributed by atoms with Crippen molar-refractivity contribution < 1.29 is 5.11 Å². The van der Waals surface area contributed by atoms with Crippen molar-refractivity contribution in [2.75, 3.05) is 19.6 Å². The molecule has 66 valence electrons. The zero-order chi connectivity index (χ0) is 8.27. The second-order valence-electron chi connectivity index (χ2n) is 3.18. The Kier molecular flexibility index (Phi) is 3.30. The molecular weight excluding hydrogens is 140 g/mol. The van der Waals surface area contributed by atoms with Crippen molar-refractivity contribution in [1.29, 1.82) is 0 Å². The topological polar surface area (TPSA) is 35.5 Å². The predicted molar refractivity (Wildman–Crippen MR) is 45.3 cm³/mol. The summed E-state index contributed by atoms with van der Waals surface area (Å²) in [6.45, 7) is 7.12. The summed E-state index contributed by atoms with van der Waals surface area (Å²) in [6.07, 6.45) is 0.580. The minimum atomic E-state index is -0.243. The Hall–Kier alpha value is -0.120. The van der Waals surface area contributed by atoms with Crippen molar-refractivity contribution in [3.63, 3.8) is 0 Å². The van der Waals surface area contributed by atoms with Crippen molar-refractivity contribution in [3.05, 3.63) is 0 Å². The van der Waals surface area contributed by atoms with E-state index in [9.17, 15) is 5.11 Å². The molecule has 2 unspecified atom stereocenters. The number of hydrogen-bond donors (Lipinski definition) is 2. The van der Waals surface area contributed by atoms with Crippen LogP contribution < -0.4 is 5.32 Å². The molecule has 1 rings (SSSR count). The average Bonchev–Trinajstić information content (AvgIpc) is 2.04. The number of aliphatic hydroxyl groups is 1. The van der Waals surface area contributed by atoms with Crippen molar-refractivity contribution in [3.8, 4) is 0 Å². The molecule has 3 heteroatoms. The summed E-state index contributed by atoms with van der Waals surface area (Å²) in [5.41, 5.74) is 0. The van der Waals surface area contributed by atoms with E-state index in [1.807, 2.05) is 6.92 Å². The van der Waals surface area contributed by atoms with Crippen LogP contribution in [0.4, 0.5) is 0 Å². The van der Waals surface area contributed by atoms with Gasteiger partial charge >= 0.3 is 0 Å². The SMILES string of the molecule is CCC(O)N1CCNCC1C. The first-order valence-electron chi connectivity index (χ1n) is 4.40. The highest BCUT2D eigenvalue weighted by atomic mass is 16.3. The first-order valence-corrected chi connectivity index (χ1v) is 4.40. The molecule has 0 saturated carbocycles. The molecule has 1 fully saturated rings. The standard InChI is InChI=1S/C8H18N2O/c1-3-8(11)10-5-4-9-6-7(10)2/h7-9,11H,3-6H2,1-2H3. The van der Waals surface area contributed by atoms with Crippen LogP contribution in [-0.2, 0) is 0 Å². The van der Waals surface area contributed by atoms with E-state index in [1.165, 1.54) is 0 Å². The fourth-order valence-corrected chi connectivity index (χ4v) is 1.53. The summed E-state index contributed by atoms with van der Waals surface area (Å²) in [4.78, 5) is 2.15. The van der Waals surface area contributed by atoms with E-state index in [-0.39, 0.29) is 6.23 Å². The van der Waals surface area contributed by atoms with Crippen LogP contribution in [0.2, 0.25) is 0 Å². The Balaban J connectivity index is 2.40. The van der Waals surface area contributed by atoms with Gasteiger partial charge in [0.1, 0.15) is 6.23 Å². The van der Waals surface area contributed by atoms with Crippen LogP contribution in [0.5, 0.6) is 0 Å². The highest BCUT2D eigenvalue weighted by Gasteiger charge is 2.22. The Morgan fingerprint density at radius 3 is 3.00 bits per heavy atom. The van der Waals surface area contributed by atoms with Gasteiger partial charge in [0.05, 0.1) is 0 Å². The molecule has 0 radical (unpaired) electrons. The molecule has 0 aliphatic carbocycles. The zero-order valence-electron chi connectivity index (χ0n) is 7.38. The fourth-order valence-electron chi connectivity index (χ4n) is 1.53. The fraction of sp³-hybridized carbons (Fsp3) is 1.00. The van der Waals surface area contributed by atoms with E-state index >= 15 is 0 Å². The molecule has 1 aliphatic heterocycles. The van der Waals surface area contributed by atoms with E-state index in [0.29, 0.717) is 6.04 Å². The third-order valence-corrected chi connectivity index (χ3v) is 2.30. The molecule has 0 aromatic rings. The molecule has 0 bridgehead atoms. The van der Waals surface area contributed by atoms with Gasteiger partial charge in [-0.15, -0.1) is 0 Å². The van der Waals surface area contributed by atoms with Gasteiger partial charge < -0.3 is 10.4 Å². The van der Waals surface area contributed by atoms with Gasteiger partial charge in [0.2, 0.25) is 0 Å². The Morgan fingerprint density at radius 2 is 2.45 bits per heavy atom. The van der Waals surface area contributed by atoms with Crippen molar-refractivity contribution in [1.82, 2.24) is 10.2 Å². The Morgan fingerprint density at radius 1 is 1.73 bits per heavy atom. The minimum absolute atomic E-state index is 0.243. The number of nitrogens with zero attached hydrogens (tertiary/aromatic N) is 1. The quantitative estimate of drug-likeness (QED) is 0.594. The molecule has 3 nitrogen and oxygen atoms in total. The van der Waals surface area contributed by atoms with Gasteiger partial charge in [-0.1, -0.05) is 6.92 Å². The van der Waals surface area contributed by atoms with Crippen LogP contribution >= 0.6 is 0 Å². The summed E-state index contributed by atoms with van der Waals surface area (Å²) >= 11 is 0.